The maximum Gasteiger partial charge on any atom is 0.338 e. The largest absolute Gasteiger partial charge is 0.467 e. The molecule has 3 rings (SSSR count). The number of sulfonamides is 1. The summed E-state index contributed by atoms with van der Waals surface area (Å²) in [5.41, 5.74) is -1.26. The Morgan fingerprint density at radius 3 is 2.20 bits per heavy atom. The van der Waals surface area contributed by atoms with E-state index in [0.717, 1.165) is 12.7 Å². The molecule has 1 unspecified atom stereocenters. The lowest BCUT2D eigenvalue weighted by molar-refractivity contribution is -0.147. The van der Waals surface area contributed by atoms with Crippen LogP contribution in [0.1, 0.15) is 35.3 Å². The molecule has 3 aromatic rings. The van der Waals surface area contributed by atoms with Crippen LogP contribution in [0, 0.1) is 6.92 Å². The van der Waals surface area contributed by atoms with Gasteiger partial charge in [-0.15, -0.1) is 0 Å². The maximum atomic E-state index is 13.4. The number of benzene rings is 3. The molecule has 0 saturated heterocycles. The standard InChI is InChI=1S/C26H27NO7S/c1-5-33-24(28)21-12-9-13-22(34-19-10-7-6-8-11-19)23(21)26(3,25(29)32-4)27-35(30,31)20-16-14-18(2)15-17-20/h6-17,27H,5H2,1-4H3. The van der Waals surface area contributed by atoms with Crippen LogP contribution < -0.4 is 9.46 Å². The highest BCUT2D eigenvalue weighted by Crippen LogP contribution is 2.38. The molecule has 8 nitrogen and oxygen atoms in total. The minimum Gasteiger partial charge on any atom is -0.467 e. The third-order valence-electron chi connectivity index (χ3n) is 5.26. The van der Waals surface area contributed by atoms with E-state index >= 15 is 0 Å². The van der Waals surface area contributed by atoms with Gasteiger partial charge in [-0.25, -0.2) is 18.0 Å². The van der Waals surface area contributed by atoms with Gasteiger partial charge in [0.15, 0.2) is 5.54 Å². The highest BCUT2D eigenvalue weighted by Gasteiger charge is 2.45. The van der Waals surface area contributed by atoms with Gasteiger partial charge in [0.2, 0.25) is 10.0 Å². The molecule has 9 heteroatoms. The molecule has 1 N–H and O–H groups in total. The number of methoxy groups -OCH3 is 1. The Morgan fingerprint density at radius 1 is 0.943 bits per heavy atom. The van der Waals surface area contributed by atoms with E-state index < -0.39 is 27.5 Å². The van der Waals surface area contributed by atoms with Crippen LogP contribution in [0.3, 0.4) is 0 Å². The maximum absolute atomic E-state index is 13.4. The molecule has 0 saturated carbocycles. The molecule has 0 amide bonds. The van der Waals surface area contributed by atoms with Crippen LogP contribution in [0.2, 0.25) is 0 Å². The van der Waals surface area contributed by atoms with Gasteiger partial charge in [0.05, 0.1) is 24.2 Å². The second-order valence-electron chi connectivity index (χ2n) is 7.85. The van der Waals surface area contributed by atoms with Gasteiger partial charge in [0.25, 0.3) is 0 Å². The topological polar surface area (TPSA) is 108 Å². The molecule has 35 heavy (non-hydrogen) atoms. The second kappa shape index (κ2) is 10.7. The Hall–Kier alpha value is -3.69. The molecule has 0 aliphatic rings. The van der Waals surface area contributed by atoms with Gasteiger partial charge in [-0.3, -0.25) is 0 Å². The summed E-state index contributed by atoms with van der Waals surface area (Å²) in [5.74, 6) is -1.18. The number of para-hydroxylation sites is 1. The Bertz CT molecular complexity index is 1310. The van der Waals surface area contributed by atoms with Gasteiger partial charge in [-0.05, 0) is 57.2 Å². The summed E-state index contributed by atoms with van der Waals surface area (Å²) < 4.78 is 45.3. The lowest BCUT2D eigenvalue weighted by Crippen LogP contribution is -2.51. The average Bonchev–Trinajstić information content (AvgIpc) is 2.84. The molecular weight excluding hydrogens is 470 g/mol. The summed E-state index contributed by atoms with van der Waals surface area (Å²) in [7, 11) is -3.11. The van der Waals surface area contributed by atoms with E-state index in [1.165, 1.54) is 31.2 Å². The van der Waals surface area contributed by atoms with Crippen molar-refractivity contribution < 1.29 is 32.2 Å². The molecule has 0 aliphatic heterocycles. The molecule has 0 heterocycles. The first-order valence-electron chi connectivity index (χ1n) is 10.8. The van der Waals surface area contributed by atoms with E-state index in [2.05, 4.69) is 4.72 Å². The lowest BCUT2D eigenvalue weighted by atomic mass is 9.88. The van der Waals surface area contributed by atoms with E-state index in [0.29, 0.717) is 5.75 Å². The lowest BCUT2D eigenvalue weighted by Gasteiger charge is -2.31. The van der Waals surface area contributed by atoms with E-state index in [4.69, 9.17) is 14.2 Å². The van der Waals surface area contributed by atoms with E-state index in [1.54, 1.807) is 55.5 Å². The summed E-state index contributed by atoms with van der Waals surface area (Å²) in [6.07, 6.45) is 0. The number of aryl methyl sites for hydroxylation is 1. The zero-order chi connectivity index (χ0) is 25.6. The molecule has 1 atom stereocenters. The normalized spacial score (nSPS) is 12.9. The Morgan fingerprint density at radius 2 is 1.60 bits per heavy atom. The number of ether oxygens (including phenoxy) is 3. The van der Waals surface area contributed by atoms with Crippen molar-refractivity contribution in [2.75, 3.05) is 13.7 Å². The second-order valence-corrected chi connectivity index (χ2v) is 9.53. The van der Waals surface area contributed by atoms with Gasteiger partial charge in [0.1, 0.15) is 11.5 Å². The van der Waals surface area contributed by atoms with Crippen LogP contribution in [-0.4, -0.2) is 34.1 Å². The number of carbonyl (C=O) groups excluding carboxylic acids is 2. The molecule has 0 bridgehead atoms. The number of carbonyl (C=O) groups is 2. The van der Waals surface area contributed by atoms with Crippen molar-refractivity contribution in [2.24, 2.45) is 0 Å². The van der Waals surface area contributed by atoms with Gasteiger partial charge < -0.3 is 14.2 Å². The summed E-state index contributed by atoms with van der Waals surface area (Å²) >= 11 is 0. The Balaban J connectivity index is 2.24. The molecule has 0 aliphatic carbocycles. The quantitative estimate of drug-likeness (QED) is 0.438. The number of rotatable bonds is 9. The minimum absolute atomic E-state index is 0.0372. The van der Waals surface area contributed by atoms with Crippen molar-refractivity contribution >= 4 is 22.0 Å². The zero-order valence-electron chi connectivity index (χ0n) is 19.9. The molecule has 3 aromatic carbocycles. The van der Waals surface area contributed by atoms with Gasteiger partial charge >= 0.3 is 11.9 Å². The summed E-state index contributed by atoms with van der Waals surface area (Å²) in [6, 6.07) is 19.3. The summed E-state index contributed by atoms with van der Waals surface area (Å²) in [4.78, 5) is 26.0. The molecule has 0 fully saturated rings. The molecule has 0 radical (unpaired) electrons. The predicted octanol–water partition coefficient (Wildman–Crippen LogP) is 4.33. The average molecular weight is 498 g/mol. The van der Waals surface area contributed by atoms with Crippen molar-refractivity contribution in [3.8, 4) is 11.5 Å². The van der Waals surface area contributed by atoms with Crippen LogP contribution in [0.4, 0.5) is 0 Å². The van der Waals surface area contributed by atoms with Crippen LogP contribution in [0.15, 0.2) is 77.7 Å². The SMILES string of the molecule is CCOC(=O)c1cccc(Oc2ccccc2)c1C(C)(NS(=O)(=O)c1ccc(C)cc1)C(=O)OC. The van der Waals surface area contributed by atoms with Crippen molar-refractivity contribution in [3.63, 3.8) is 0 Å². The Labute approximate surface area is 204 Å². The van der Waals surface area contributed by atoms with Gasteiger partial charge in [-0.1, -0.05) is 42.0 Å². The van der Waals surface area contributed by atoms with Crippen LogP contribution >= 0.6 is 0 Å². The highest BCUT2D eigenvalue weighted by molar-refractivity contribution is 7.89. The van der Waals surface area contributed by atoms with E-state index in [9.17, 15) is 18.0 Å². The molecule has 0 spiro atoms. The summed E-state index contributed by atoms with van der Waals surface area (Å²) in [5, 5.41) is 0. The predicted molar refractivity (Wildman–Crippen MR) is 130 cm³/mol. The highest BCUT2D eigenvalue weighted by atomic mass is 32.2. The molecule has 184 valence electrons. The van der Waals surface area contributed by atoms with Crippen LogP contribution in [0.5, 0.6) is 11.5 Å². The number of nitrogens with one attached hydrogen (secondary N) is 1. The first kappa shape index (κ1) is 25.9. The van der Waals surface area contributed by atoms with Gasteiger partial charge in [-0.2, -0.15) is 4.72 Å². The fourth-order valence-electron chi connectivity index (χ4n) is 3.57. The van der Waals surface area contributed by atoms with Crippen molar-refractivity contribution in [1.29, 1.82) is 0 Å². The van der Waals surface area contributed by atoms with Crippen molar-refractivity contribution in [3.05, 3.63) is 89.5 Å². The third-order valence-corrected chi connectivity index (χ3v) is 6.83. The fraction of sp³-hybridized carbons (Fsp3) is 0.231. The van der Waals surface area contributed by atoms with E-state index in [-0.39, 0.29) is 28.4 Å². The number of esters is 2. The van der Waals surface area contributed by atoms with E-state index in [1.807, 2.05) is 6.92 Å². The van der Waals surface area contributed by atoms with Crippen molar-refractivity contribution in [2.45, 2.75) is 31.2 Å². The Kier molecular flexibility index (Phi) is 7.93. The fourth-order valence-corrected chi connectivity index (χ4v) is 4.91. The monoisotopic (exact) mass is 497 g/mol. The first-order chi connectivity index (χ1) is 16.6. The van der Waals surface area contributed by atoms with Crippen molar-refractivity contribution in [1.82, 2.24) is 4.72 Å². The summed E-state index contributed by atoms with van der Waals surface area (Å²) in [6.45, 7) is 4.86. The smallest absolute Gasteiger partial charge is 0.338 e. The van der Waals surface area contributed by atoms with Crippen LogP contribution in [0.25, 0.3) is 0 Å². The third kappa shape index (κ3) is 5.70. The van der Waals surface area contributed by atoms with Gasteiger partial charge in [0, 0.05) is 5.56 Å². The minimum atomic E-state index is -4.24. The number of hydrogen-bond acceptors (Lipinski definition) is 7. The zero-order valence-corrected chi connectivity index (χ0v) is 20.7. The first-order valence-corrected chi connectivity index (χ1v) is 12.3. The molecule has 0 aromatic heterocycles. The number of hydrogen-bond donors (Lipinski definition) is 1. The molecular formula is C26H27NO7S. The van der Waals surface area contributed by atoms with Crippen LogP contribution in [-0.2, 0) is 29.8 Å².